The van der Waals surface area contributed by atoms with Crippen molar-refractivity contribution in [2.75, 3.05) is 0 Å². The maximum absolute atomic E-state index is 12.3. The molecule has 0 aromatic rings. The average molecular weight is 467 g/mol. The summed E-state index contributed by atoms with van der Waals surface area (Å²) in [5.41, 5.74) is -1.59. The summed E-state index contributed by atoms with van der Waals surface area (Å²) in [6.45, 7) is 15.4. The molecule has 7 nitrogen and oxygen atoms in total. The van der Waals surface area contributed by atoms with E-state index >= 15 is 0 Å². The van der Waals surface area contributed by atoms with Crippen LogP contribution in [0.3, 0.4) is 0 Å². The predicted octanol–water partition coefficient (Wildman–Crippen LogP) is 3.55. The summed E-state index contributed by atoms with van der Waals surface area (Å²) in [6, 6.07) is 0. The summed E-state index contributed by atoms with van der Waals surface area (Å²) in [6.07, 6.45) is 0.262. The van der Waals surface area contributed by atoms with Crippen LogP contribution >= 0.6 is 0 Å². The summed E-state index contributed by atoms with van der Waals surface area (Å²) < 4.78 is 18.3. The number of hydrogen-bond acceptors (Lipinski definition) is 7. The van der Waals surface area contributed by atoms with Crippen molar-refractivity contribution in [3.8, 4) is 0 Å². The molecule has 0 unspecified atom stereocenters. The maximum Gasteiger partial charge on any atom is 0.306 e. The number of carbonyl (C=O) groups is 2. The van der Waals surface area contributed by atoms with Crippen LogP contribution in [0.5, 0.6) is 0 Å². The maximum atomic E-state index is 12.3. The fraction of sp³-hybridized carbons (Fsp3) is 0.846. The lowest BCUT2D eigenvalue weighted by Crippen LogP contribution is -2.53. The molecule has 7 heteroatoms. The van der Waals surface area contributed by atoms with Crippen LogP contribution in [0.15, 0.2) is 12.2 Å². The lowest BCUT2D eigenvalue weighted by molar-refractivity contribution is -0.180. The quantitative estimate of drug-likeness (QED) is 0.472. The van der Waals surface area contributed by atoms with Crippen molar-refractivity contribution in [1.82, 2.24) is 0 Å². The molecule has 0 aromatic heterocycles. The first-order valence-corrected chi connectivity index (χ1v) is 12.4. The Morgan fingerprint density at radius 3 is 2.55 bits per heavy atom. The van der Waals surface area contributed by atoms with E-state index in [1.54, 1.807) is 6.92 Å². The summed E-state index contributed by atoms with van der Waals surface area (Å²) in [5, 5.41) is 22.3. The number of esters is 2. The first-order chi connectivity index (χ1) is 15.3. The van der Waals surface area contributed by atoms with Crippen LogP contribution < -0.4 is 0 Å². The van der Waals surface area contributed by atoms with Crippen molar-refractivity contribution in [2.24, 2.45) is 23.7 Å². The summed E-state index contributed by atoms with van der Waals surface area (Å²) in [7, 11) is 0. The Bertz CT molecular complexity index is 760. The molecule has 188 valence electrons. The molecule has 2 bridgehead atoms. The normalized spacial score (nSPS) is 43.3. The van der Waals surface area contributed by atoms with Gasteiger partial charge < -0.3 is 24.4 Å². The smallest absolute Gasteiger partial charge is 0.306 e. The van der Waals surface area contributed by atoms with E-state index in [1.165, 1.54) is 6.92 Å². The van der Waals surface area contributed by atoms with Crippen LogP contribution in [0, 0.1) is 23.7 Å². The van der Waals surface area contributed by atoms with Crippen molar-refractivity contribution in [3.05, 3.63) is 12.2 Å². The molecule has 9 atom stereocenters. The van der Waals surface area contributed by atoms with E-state index in [4.69, 9.17) is 14.2 Å². The van der Waals surface area contributed by atoms with Crippen LogP contribution in [0.1, 0.15) is 80.1 Å². The molecule has 3 fully saturated rings. The molecule has 2 saturated heterocycles. The average Bonchev–Trinajstić information content (AvgIpc) is 3.07. The van der Waals surface area contributed by atoms with Gasteiger partial charge in [-0.15, -0.1) is 0 Å². The van der Waals surface area contributed by atoms with Gasteiger partial charge in [-0.05, 0) is 56.9 Å². The Morgan fingerprint density at radius 2 is 1.97 bits per heavy atom. The minimum atomic E-state index is -1.34. The molecule has 1 saturated carbocycles. The molecule has 0 spiro atoms. The molecule has 2 heterocycles. The molecule has 33 heavy (non-hydrogen) atoms. The van der Waals surface area contributed by atoms with Crippen molar-refractivity contribution >= 4 is 11.9 Å². The highest BCUT2D eigenvalue weighted by molar-refractivity contribution is 5.69. The summed E-state index contributed by atoms with van der Waals surface area (Å²) >= 11 is 0. The second kappa shape index (κ2) is 9.67. The first-order valence-electron chi connectivity index (χ1n) is 12.4. The number of fused-ring (bicyclic) bond motifs is 5. The lowest BCUT2D eigenvalue weighted by atomic mass is 9.60. The van der Waals surface area contributed by atoms with Gasteiger partial charge in [-0.1, -0.05) is 27.4 Å². The number of aliphatic hydroxyl groups is 2. The fourth-order valence-corrected chi connectivity index (χ4v) is 6.46. The van der Waals surface area contributed by atoms with Gasteiger partial charge in [-0.3, -0.25) is 9.59 Å². The fourth-order valence-electron chi connectivity index (χ4n) is 6.46. The minimum Gasteiger partial charge on any atom is -0.459 e. The van der Waals surface area contributed by atoms with Crippen LogP contribution in [-0.2, 0) is 23.8 Å². The third kappa shape index (κ3) is 5.15. The summed E-state index contributed by atoms with van der Waals surface area (Å²) in [4.78, 5) is 24.5. The Hall–Kier alpha value is -1.44. The second-order valence-corrected chi connectivity index (χ2v) is 11.2. The standard InChI is InChI=1S/C26H42O7/c1-8-9-21(29)32-20-10-11-26(7,33-16(5)27)24-23-17(14(2)3)12-18(28)15(4)22(23)19(31-24)13-25(20,6)30/h14,17-20,22-24,28,30H,4,8-13H2,1-3,5-7H3/t17-,18+,19-,20+,22-,23-,24-,25+,26-/m0/s1. The lowest BCUT2D eigenvalue weighted by Gasteiger charge is -2.47. The zero-order valence-electron chi connectivity index (χ0n) is 21.0. The molecule has 2 aliphatic heterocycles. The SMILES string of the molecule is C=C1[C@@H]2[C@H]([C@H](C(C)C)C[C@H]1O)[C@@H]1O[C@H]2C[C@@](C)(O)[C@H](OC(=O)CCC)CC[C@]1(C)OC(C)=O. The van der Waals surface area contributed by atoms with Gasteiger partial charge in [-0.2, -0.15) is 0 Å². The molecule has 2 N–H and O–H groups in total. The van der Waals surface area contributed by atoms with E-state index < -0.39 is 41.6 Å². The third-order valence-electron chi connectivity index (χ3n) is 8.11. The topological polar surface area (TPSA) is 102 Å². The molecule has 0 amide bonds. The zero-order chi connectivity index (χ0) is 24.7. The Labute approximate surface area is 197 Å². The van der Waals surface area contributed by atoms with E-state index in [-0.39, 0.29) is 42.5 Å². The second-order valence-electron chi connectivity index (χ2n) is 11.2. The highest BCUT2D eigenvalue weighted by Crippen LogP contribution is 2.56. The van der Waals surface area contributed by atoms with Crippen molar-refractivity contribution in [1.29, 1.82) is 0 Å². The Balaban J connectivity index is 2.05. The van der Waals surface area contributed by atoms with Gasteiger partial charge in [0.2, 0.25) is 0 Å². The van der Waals surface area contributed by atoms with Crippen molar-refractivity contribution in [2.45, 2.75) is 116 Å². The van der Waals surface area contributed by atoms with Gasteiger partial charge in [0, 0.05) is 31.6 Å². The molecule has 0 aromatic carbocycles. The van der Waals surface area contributed by atoms with Crippen LogP contribution in [0.4, 0.5) is 0 Å². The van der Waals surface area contributed by atoms with Crippen LogP contribution in [0.2, 0.25) is 0 Å². The molecule has 3 rings (SSSR count). The van der Waals surface area contributed by atoms with E-state index in [2.05, 4.69) is 20.4 Å². The number of ether oxygens (including phenoxy) is 3. The highest BCUT2D eigenvalue weighted by Gasteiger charge is 2.61. The third-order valence-corrected chi connectivity index (χ3v) is 8.11. The van der Waals surface area contributed by atoms with Crippen LogP contribution in [0.25, 0.3) is 0 Å². The number of aliphatic hydroxyl groups excluding tert-OH is 1. The molecule has 0 radical (unpaired) electrons. The van der Waals surface area contributed by atoms with Gasteiger partial charge in [-0.25, -0.2) is 0 Å². The number of rotatable bonds is 5. The van der Waals surface area contributed by atoms with Gasteiger partial charge in [0.1, 0.15) is 23.4 Å². The Morgan fingerprint density at radius 1 is 1.30 bits per heavy atom. The predicted molar refractivity (Wildman–Crippen MR) is 123 cm³/mol. The molecular formula is C26H42O7. The molecule has 1 aliphatic carbocycles. The van der Waals surface area contributed by atoms with Gasteiger partial charge in [0.05, 0.1) is 12.2 Å². The van der Waals surface area contributed by atoms with E-state index in [0.717, 1.165) is 0 Å². The van der Waals surface area contributed by atoms with Crippen LogP contribution in [-0.4, -0.2) is 57.8 Å². The van der Waals surface area contributed by atoms with E-state index in [9.17, 15) is 19.8 Å². The number of carbonyl (C=O) groups excluding carboxylic acids is 2. The first kappa shape index (κ1) is 26.2. The van der Waals surface area contributed by atoms with E-state index in [0.29, 0.717) is 31.3 Å². The largest absolute Gasteiger partial charge is 0.459 e. The van der Waals surface area contributed by atoms with Gasteiger partial charge >= 0.3 is 11.9 Å². The summed E-state index contributed by atoms with van der Waals surface area (Å²) in [5.74, 6) is -0.483. The highest BCUT2D eigenvalue weighted by atomic mass is 16.6. The zero-order valence-corrected chi connectivity index (χ0v) is 21.0. The monoisotopic (exact) mass is 466 g/mol. The van der Waals surface area contributed by atoms with Crippen molar-refractivity contribution < 1.29 is 34.0 Å². The van der Waals surface area contributed by atoms with E-state index in [1.807, 2.05) is 13.8 Å². The molecule has 3 aliphatic rings. The van der Waals surface area contributed by atoms with Gasteiger partial charge in [0.25, 0.3) is 0 Å². The van der Waals surface area contributed by atoms with Crippen molar-refractivity contribution in [3.63, 3.8) is 0 Å². The van der Waals surface area contributed by atoms with Gasteiger partial charge in [0.15, 0.2) is 0 Å². The minimum absolute atomic E-state index is 0.00485. The Kier molecular flexibility index (Phi) is 7.67. The number of hydrogen-bond donors (Lipinski definition) is 2. The molecular weight excluding hydrogens is 424 g/mol.